The summed E-state index contributed by atoms with van der Waals surface area (Å²) < 4.78 is 0. The first-order valence-corrected chi connectivity index (χ1v) is 7.48. The molecule has 1 fully saturated rings. The zero-order chi connectivity index (χ0) is 10.2. The molecule has 0 aliphatic heterocycles. The lowest BCUT2D eigenvalue weighted by molar-refractivity contribution is 0.287. The minimum atomic E-state index is 0.833. The monoisotopic (exact) mass is 215 g/mol. The molecule has 0 aromatic heterocycles. The highest BCUT2D eigenvalue weighted by Crippen LogP contribution is 2.26. The highest BCUT2D eigenvalue weighted by molar-refractivity contribution is 7.98. The number of nitrogens with one attached hydrogen (secondary N) is 1. The summed E-state index contributed by atoms with van der Waals surface area (Å²) in [7, 11) is 0. The molecule has 0 saturated heterocycles. The molecule has 0 spiro atoms. The lowest BCUT2D eigenvalue weighted by atomic mass is 9.84. The first-order valence-electron chi connectivity index (χ1n) is 6.09. The summed E-state index contributed by atoms with van der Waals surface area (Å²) in [6.45, 7) is 3.55. The Morgan fingerprint density at radius 1 is 1.21 bits per heavy atom. The molecule has 0 radical (unpaired) electrons. The highest BCUT2D eigenvalue weighted by Gasteiger charge is 2.18. The van der Waals surface area contributed by atoms with Gasteiger partial charge in [-0.15, -0.1) is 0 Å². The third kappa shape index (κ3) is 4.70. The Morgan fingerprint density at radius 3 is 2.50 bits per heavy atom. The summed E-state index contributed by atoms with van der Waals surface area (Å²) in [5.41, 5.74) is 0. The van der Waals surface area contributed by atoms with Crippen LogP contribution < -0.4 is 5.32 Å². The van der Waals surface area contributed by atoms with Gasteiger partial charge in [0.2, 0.25) is 0 Å². The highest BCUT2D eigenvalue weighted by atomic mass is 32.2. The number of hydrogen-bond donors (Lipinski definition) is 1. The fraction of sp³-hybridized carbons (Fsp3) is 1.00. The van der Waals surface area contributed by atoms with Crippen LogP contribution in [0.25, 0.3) is 0 Å². The van der Waals surface area contributed by atoms with Crippen LogP contribution in [0.5, 0.6) is 0 Å². The molecule has 0 atom stereocenters. The lowest BCUT2D eigenvalue weighted by Crippen LogP contribution is -2.33. The van der Waals surface area contributed by atoms with Gasteiger partial charge in [-0.05, 0) is 56.6 Å². The van der Waals surface area contributed by atoms with Gasteiger partial charge in [-0.3, -0.25) is 0 Å². The van der Waals surface area contributed by atoms with Crippen molar-refractivity contribution in [3.63, 3.8) is 0 Å². The van der Waals surface area contributed by atoms with E-state index in [0.717, 1.165) is 12.0 Å². The minimum absolute atomic E-state index is 0.833. The van der Waals surface area contributed by atoms with Gasteiger partial charge in [0.15, 0.2) is 0 Å². The van der Waals surface area contributed by atoms with E-state index in [2.05, 4.69) is 18.5 Å². The molecule has 1 rings (SSSR count). The van der Waals surface area contributed by atoms with Crippen molar-refractivity contribution in [2.75, 3.05) is 18.6 Å². The molecule has 1 aliphatic rings. The van der Waals surface area contributed by atoms with Gasteiger partial charge in [0.1, 0.15) is 0 Å². The molecule has 2 heteroatoms. The van der Waals surface area contributed by atoms with Gasteiger partial charge in [-0.25, -0.2) is 0 Å². The van der Waals surface area contributed by atoms with Crippen molar-refractivity contribution in [3.8, 4) is 0 Å². The second-order valence-corrected chi connectivity index (χ2v) is 5.41. The van der Waals surface area contributed by atoms with Crippen LogP contribution >= 0.6 is 11.8 Å². The van der Waals surface area contributed by atoms with Crippen molar-refractivity contribution in [3.05, 3.63) is 0 Å². The van der Waals surface area contributed by atoms with E-state index in [9.17, 15) is 0 Å². The van der Waals surface area contributed by atoms with Crippen LogP contribution in [0.1, 0.15) is 45.4 Å². The Kier molecular flexibility index (Phi) is 6.70. The summed E-state index contributed by atoms with van der Waals surface area (Å²) in [6.07, 6.45) is 10.6. The molecule has 0 heterocycles. The Labute approximate surface area is 93.4 Å². The van der Waals surface area contributed by atoms with Crippen molar-refractivity contribution >= 4 is 11.8 Å². The van der Waals surface area contributed by atoms with Gasteiger partial charge in [0, 0.05) is 6.04 Å². The number of thioether (sulfide) groups is 1. The molecule has 0 unspecified atom stereocenters. The average molecular weight is 215 g/mol. The van der Waals surface area contributed by atoms with E-state index in [1.165, 1.54) is 50.8 Å². The Balaban J connectivity index is 1.98. The van der Waals surface area contributed by atoms with Gasteiger partial charge >= 0.3 is 0 Å². The van der Waals surface area contributed by atoms with E-state index in [4.69, 9.17) is 0 Å². The van der Waals surface area contributed by atoms with E-state index in [1.54, 1.807) is 0 Å². The largest absolute Gasteiger partial charge is 0.314 e. The van der Waals surface area contributed by atoms with Crippen molar-refractivity contribution in [1.82, 2.24) is 5.32 Å². The summed E-state index contributed by atoms with van der Waals surface area (Å²) >= 11 is 1.95. The second-order valence-electron chi connectivity index (χ2n) is 4.43. The molecule has 0 bridgehead atoms. The third-order valence-electron chi connectivity index (χ3n) is 3.38. The van der Waals surface area contributed by atoms with Gasteiger partial charge in [0.25, 0.3) is 0 Å². The SMILES string of the molecule is CCC1CCC(NCCCSC)CC1. The molecule has 1 N–H and O–H groups in total. The summed E-state index contributed by atoms with van der Waals surface area (Å²) in [6, 6.07) is 0.833. The molecule has 0 aromatic rings. The first-order chi connectivity index (χ1) is 6.86. The normalized spacial score (nSPS) is 27.9. The van der Waals surface area contributed by atoms with Gasteiger partial charge in [0.05, 0.1) is 0 Å². The van der Waals surface area contributed by atoms with Crippen molar-refractivity contribution in [2.24, 2.45) is 5.92 Å². The fourth-order valence-corrected chi connectivity index (χ4v) is 2.73. The molecule has 14 heavy (non-hydrogen) atoms. The Morgan fingerprint density at radius 2 is 1.93 bits per heavy atom. The zero-order valence-electron chi connectivity index (χ0n) is 9.72. The van der Waals surface area contributed by atoms with Crippen molar-refractivity contribution in [1.29, 1.82) is 0 Å². The minimum Gasteiger partial charge on any atom is -0.314 e. The maximum absolute atomic E-state index is 3.69. The molecule has 0 amide bonds. The van der Waals surface area contributed by atoms with E-state index >= 15 is 0 Å². The van der Waals surface area contributed by atoms with E-state index < -0.39 is 0 Å². The molecule has 1 nitrogen and oxygen atoms in total. The molecular formula is C12H25NS. The summed E-state index contributed by atoms with van der Waals surface area (Å²) in [5, 5.41) is 3.69. The van der Waals surface area contributed by atoms with Crippen molar-refractivity contribution in [2.45, 2.75) is 51.5 Å². The standard InChI is InChI=1S/C12H25NS/c1-3-11-5-7-12(8-6-11)13-9-4-10-14-2/h11-13H,3-10H2,1-2H3. The first kappa shape index (κ1) is 12.4. The van der Waals surface area contributed by atoms with Crippen LogP contribution in [0.4, 0.5) is 0 Å². The quantitative estimate of drug-likeness (QED) is 0.682. The number of rotatable bonds is 6. The Hall–Kier alpha value is 0.310. The van der Waals surface area contributed by atoms with Crippen LogP contribution in [0, 0.1) is 5.92 Å². The molecule has 1 saturated carbocycles. The smallest absolute Gasteiger partial charge is 0.00672 e. The maximum atomic E-state index is 3.69. The van der Waals surface area contributed by atoms with Crippen LogP contribution in [-0.2, 0) is 0 Å². The Bertz CT molecular complexity index is 130. The number of hydrogen-bond acceptors (Lipinski definition) is 2. The maximum Gasteiger partial charge on any atom is 0.00672 e. The van der Waals surface area contributed by atoms with Crippen molar-refractivity contribution < 1.29 is 0 Å². The van der Waals surface area contributed by atoms with Gasteiger partial charge in [-0.2, -0.15) is 11.8 Å². The predicted octanol–water partition coefficient (Wildman–Crippen LogP) is 3.30. The van der Waals surface area contributed by atoms with Crippen LogP contribution in [0.2, 0.25) is 0 Å². The van der Waals surface area contributed by atoms with Gasteiger partial charge in [-0.1, -0.05) is 13.3 Å². The third-order valence-corrected chi connectivity index (χ3v) is 4.08. The topological polar surface area (TPSA) is 12.0 Å². The summed E-state index contributed by atoms with van der Waals surface area (Å²) in [5.74, 6) is 2.33. The average Bonchev–Trinajstić information content (AvgIpc) is 2.25. The van der Waals surface area contributed by atoms with Gasteiger partial charge < -0.3 is 5.32 Å². The molecule has 84 valence electrons. The van der Waals surface area contributed by atoms with Crippen LogP contribution in [0.3, 0.4) is 0 Å². The van der Waals surface area contributed by atoms with E-state index in [1.807, 2.05) is 11.8 Å². The zero-order valence-corrected chi connectivity index (χ0v) is 10.5. The molecule has 1 aliphatic carbocycles. The van der Waals surface area contributed by atoms with E-state index in [-0.39, 0.29) is 0 Å². The summed E-state index contributed by atoms with van der Waals surface area (Å²) in [4.78, 5) is 0. The fourth-order valence-electron chi connectivity index (χ4n) is 2.30. The second kappa shape index (κ2) is 7.58. The lowest BCUT2D eigenvalue weighted by Gasteiger charge is -2.28. The molecular weight excluding hydrogens is 190 g/mol. The van der Waals surface area contributed by atoms with E-state index in [0.29, 0.717) is 0 Å². The molecule has 0 aromatic carbocycles. The predicted molar refractivity (Wildman–Crippen MR) is 67.0 cm³/mol. The van der Waals surface area contributed by atoms with Crippen LogP contribution in [-0.4, -0.2) is 24.6 Å². The van der Waals surface area contributed by atoms with Crippen LogP contribution in [0.15, 0.2) is 0 Å².